The van der Waals surface area contributed by atoms with Crippen molar-refractivity contribution in [1.29, 1.82) is 0 Å². The highest BCUT2D eigenvalue weighted by Gasteiger charge is 2.08. The number of nitrogens with zero attached hydrogens (tertiary/aromatic N) is 3. The number of fused-ring (bicyclic) bond motifs is 1. The number of nitrogens with one attached hydrogen (secondary N) is 1. The van der Waals surface area contributed by atoms with Crippen LogP contribution in [0.4, 0.5) is 5.82 Å². The summed E-state index contributed by atoms with van der Waals surface area (Å²) in [5.74, 6) is 2.03. The molecule has 0 bridgehead atoms. The Labute approximate surface area is 107 Å². The van der Waals surface area contributed by atoms with Crippen LogP contribution in [0.2, 0.25) is 0 Å². The smallest absolute Gasteiger partial charge is 0.260 e. The van der Waals surface area contributed by atoms with Gasteiger partial charge in [0.05, 0.1) is 12.8 Å². The van der Waals surface area contributed by atoms with E-state index in [9.17, 15) is 0 Å². The van der Waals surface area contributed by atoms with E-state index in [2.05, 4.69) is 29.1 Å². The molecule has 5 nitrogen and oxygen atoms in total. The summed E-state index contributed by atoms with van der Waals surface area (Å²) >= 11 is 0. The fraction of sp³-hybridized carbons (Fsp3) is 0.538. The Morgan fingerprint density at radius 2 is 2.28 bits per heavy atom. The highest BCUT2D eigenvalue weighted by molar-refractivity contribution is 5.53. The molecule has 0 radical (unpaired) electrons. The van der Waals surface area contributed by atoms with Crippen LogP contribution in [0.3, 0.4) is 0 Å². The van der Waals surface area contributed by atoms with Crippen molar-refractivity contribution in [2.45, 2.75) is 27.2 Å². The van der Waals surface area contributed by atoms with Crippen molar-refractivity contribution in [2.75, 3.05) is 18.5 Å². The SMILES string of the molecule is CCNc1cn2ccnc2c(OCCC(C)C)n1. The molecule has 0 aliphatic carbocycles. The summed E-state index contributed by atoms with van der Waals surface area (Å²) < 4.78 is 7.67. The summed E-state index contributed by atoms with van der Waals surface area (Å²) in [6, 6.07) is 0. The number of imidazole rings is 1. The molecule has 0 aromatic carbocycles. The van der Waals surface area contributed by atoms with E-state index in [0.29, 0.717) is 18.4 Å². The Morgan fingerprint density at radius 1 is 1.44 bits per heavy atom. The molecule has 0 aliphatic heterocycles. The number of hydrogen-bond acceptors (Lipinski definition) is 4. The predicted octanol–water partition coefficient (Wildman–Crippen LogP) is 2.59. The third-order valence-corrected chi connectivity index (χ3v) is 2.64. The van der Waals surface area contributed by atoms with Gasteiger partial charge in [0.15, 0.2) is 0 Å². The summed E-state index contributed by atoms with van der Waals surface area (Å²) in [5, 5.41) is 3.19. The first-order chi connectivity index (χ1) is 8.70. The molecule has 5 heteroatoms. The van der Waals surface area contributed by atoms with Gasteiger partial charge < -0.3 is 10.1 Å². The predicted molar refractivity (Wildman–Crippen MR) is 72.1 cm³/mol. The zero-order valence-electron chi connectivity index (χ0n) is 11.2. The van der Waals surface area contributed by atoms with Gasteiger partial charge in [0, 0.05) is 18.9 Å². The van der Waals surface area contributed by atoms with Gasteiger partial charge in [0.25, 0.3) is 5.88 Å². The average molecular weight is 248 g/mol. The Hall–Kier alpha value is -1.78. The van der Waals surface area contributed by atoms with Crippen molar-refractivity contribution in [2.24, 2.45) is 5.92 Å². The summed E-state index contributed by atoms with van der Waals surface area (Å²) in [7, 11) is 0. The first kappa shape index (κ1) is 12.7. The van der Waals surface area contributed by atoms with Crippen LogP contribution in [0, 0.1) is 5.92 Å². The van der Waals surface area contributed by atoms with Crippen molar-refractivity contribution in [3.05, 3.63) is 18.6 Å². The topological polar surface area (TPSA) is 51.5 Å². The fourth-order valence-corrected chi connectivity index (χ4v) is 1.66. The molecular formula is C13H20N4O. The van der Waals surface area contributed by atoms with Gasteiger partial charge >= 0.3 is 0 Å². The molecule has 0 saturated carbocycles. The van der Waals surface area contributed by atoms with Gasteiger partial charge in [-0.3, -0.25) is 4.40 Å². The lowest BCUT2D eigenvalue weighted by Gasteiger charge is -2.10. The van der Waals surface area contributed by atoms with Crippen molar-refractivity contribution >= 4 is 11.5 Å². The van der Waals surface area contributed by atoms with Gasteiger partial charge in [-0.05, 0) is 19.3 Å². The second-order valence-electron chi connectivity index (χ2n) is 4.65. The second-order valence-corrected chi connectivity index (χ2v) is 4.65. The first-order valence-corrected chi connectivity index (χ1v) is 6.41. The van der Waals surface area contributed by atoms with E-state index < -0.39 is 0 Å². The highest BCUT2D eigenvalue weighted by atomic mass is 16.5. The number of hydrogen-bond donors (Lipinski definition) is 1. The molecule has 0 fully saturated rings. The Bertz CT molecular complexity index is 507. The van der Waals surface area contributed by atoms with E-state index in [0.717, 1.165) is 24.4 Å². The zero-order chi connectivity index (χ0) is 13.0. The van der Waals surface area contributed by atoms with E-state index >= 15 is 0 Å². The Kier molecular flexibility index (Phi) is 4.02. The summed E-state index contributed by atoms with van der Waals surface area (Å²) in [5.41, 5.74) is 0.764. The van der Waals surface area contributed by atoms with Crippen LogP contribution in [-0.4, -0.2) is 27.5 Å². The van der Waals surface area contributed by atoms with Crippen molar-refractivity contribution in [1.82, 2.24) is 14.4 Å². The molecule has 2 aromatic rings. The van der Waals surface area contributed by atoms with Crippen molar-refractivity contribution in [3.8, 4) is 5.88 Å². The molecule has 0 spiro atoms. The third-order valence-electron chi connectivity index (χ3n) is 2.64. The molecule has 98 valence electrons. The maximum absolute atomic E-state index is 5.74. The lowest BCUT2D eigenvalue weighted by atomic mass is 10.1. The average Bonchev–Trinajstić information content (AvgIpc) is 2.77. The molecule has 0 saturated heterocycles. The summed E-state index contributed by atoms with van der Waals surface area (Å²) in [6.45, 7) is 7.90. The Morgan fingerprint density at radius 3 is 3.00 bits per heavy atom. The third kappa shape index (κ3) is 2.91. The monoisotopic (exact) mass is 248 g/mol. The minimum absolute atomic E-state index is 0.596. The van der Waals surface area contributed by atoms with Crippen LogP contribution in [0.5, 0.6) is 5.88 Å². The molecular weight excluding hydrogens is 228 g/mol. The minimum atomic E-state index is 0.596. The van der Waals surface area contributed by atoms with Crippen molar-refractivity contribution in [3.63, 3.8) is 0 Å². The van der Waals surface area contributed by atoms with Crippen LogP contribution in [0.25, 0.3) is 5.65 Å². The molecule has 0 unspecified atom stereocenters. The Balaban J connectivity index is 2.20. The van der Waals surface area contributed by atoms with Crippen LogP contribution in [0.15, 0.2) is 18.6 Å². The van der Waals surface area contributed by atoms with E-state index in [4.69, 9.17) is 4.74 Å². The van der Waals surface area contributed by atoms with E-state index in [-0.39, 0.29) is 0 Å². The number of aromatic nitrogens is 3. The van der Waals surface area contributed by atoms with Gasteiger partial charge in [0.2, 0.25) is 5.65 Å². The minimum Gasteiger partial charge on any atom is -0.475 e. The van der Waals surface area contributed by atoms with Gasteiger partial charge in [0.1, 0.15) is 5.82 Å². The lowest BCUT2D eigenvalue weighted by molar-refractivity contribution is 0.281. The van der Waals surface area contributed by atoms with Crippen molar-refractivity contribution < 1.29 is 4.74 Å². The molecule has 2 rings (SSSR count). The normalized spacial score (nSPS) is 11.1. The van der Waals surface area contributed by atoms with Crippen LogP contribution in [0.1, 0.15) is 27.2 Å². The standard InChI is InChI=1S/C13H20N4O/c1-4-14-11-9-17-7-6-15-12(17)13(16-11)18-8-5-10(2)3/h6-7,9-10,14H,4-5,8H2,1-3H3. The molecule has 0 amide bonds. The maximum atomic E-state index is 5.74. The van der Waals surface area contributed by atoms with Gasteiger partial charge in [-0.15, -0.1) is 0 Å². The highest BCUT2D eigenvalue weighted by Crippen LogP contribution is 2.19. The van der Waals surface area contributed by atoms with Crippen LogP contribution in [-0.2, 0) is 0 Å². The van der Waals surface area contributed by atoms with E-state index in [1.165, 1.54) is 0 Å². The van der Waals surface area contributed by atoms with Gasteiger partial charge in [-0.25, -0.2) is 4.98 Å². The molecule has 2 aromatic heterocycles. The second kappa shape index (κ2) is 5.71. The van der Waals surface area contributed by atoms with E-state index in [1.54, 1.807) is 6.20 Å². The zero-order valence-corrected chi connectivity index (χ0v) is 11.2. The van der Waals surface area contributed by atoms with Crippen LogP contribution >= 0.6 is 0 Å². The number of anilines is 1. The maximum Gasteiger partial charge on any atom is 0.260 e. The fourth-order valence-electron chi connectivity index (χ4n) is 1.66. The number of ether oxygens (including phenoxy) is 1. The summed E-state index contributed by atoms with van der Waals surface area (Å²) in [6.07, 6.45) is 6.58. The largest absolute Gasteiger partial charge is 0.475 e. The molecule has 1 N–H and O–H groups in total. The first-order valence-electron chi connectivity index (χ1n) is 6.41. The molecule has 2 heterocycles. The lowest BCUT2D eigenvalue weighted by Crippen LogP contribution is -2.07. The summed E-state index contributed by atoms with van der Waals surface area (Å²) in [4.78, 5) is 8.71. The number of rotatable bonds is 6. The quantitative estimate of drug-likeness (QED) is 0.853. The molecule has 18 heavy (non-hydrogen) atoms. The van der Waals surface area contributed by atoms with E-state index in [1.807, 2.05) is 23.7 Å². The van der Waals surface area contributed by atoms with Gasteiger partial charge in [-0.1, -0.05) is 13.8 Å². The molecule has 0 aliphatic rings. The molecule has 0 atom stereocenters. The van der Waals surface area contributed by atoms with Crippen LogP contribution < -0.4 is 10.1 Å². The van der Waals surface area contributed by atoms with Gasteiger partial charge in [-0.2, -0.15) is 4.98 Å².